The van der Waals surface area contributed by atoms with Gasteiger partial charge in [-0.3, -0.25) is 24.1 Å². The normalized spacial score (nSPS) is 12.6. The van der Waals surface area contributed by atoms with Gasteiger partial charge in [0.25, 0.3) is 0 Å². The third kappa shape index (κ3) is 13.8. The van der Waals surface area contributed by atoms with E-state index >= 15 is 0 Å². The lowest BCUT2D eigenvalue weighted by molar-refractivity contribution is -0.156. The maximum Gasteiger partial charge on any atom is 0.329 e. The van der Waals surface area contributed by atoms with Gasteiger partial charge in [-0.05, 0) is 84.7 Å². The van der Waals surface area contributed by atoms with Crippen molar-refractivity contribution in [2.45, 2.75) is 111 Å². The highest BCUT2D eigenvalue weighted by molar-refractivity contribution is 5.88. The van der Waals surface area contributed by atoms with Gasteiger partial charge in [-0.25, -0.2) is 9.59 Å². The molecule has 0 saturated heterocycles. The Kier molecular flexibility index (Phi) is 17.6. The van der Waals surface area contributed by atoms with Crippen molar-refractivity contribution < 1.29 is 47.7 Å². The van der Waals surface area contributed by atoms with Crippen molar-refractivity contribution in [3.63, 3.8) is 0 Å². The van der Waals surface area contributed by atoms with Gasteiger partial charge >= 0.3 is 29.9 Å². The molecule has 0 aliphatic carbocycles. The van der Waals surface area contributed by atoms with Crippen LogP contribution in [0.15, 0.2) is 48.5 Å². The molecule has 0 fully saturated rings. The minimum atomic E-state index is -1.34. The first-order valence-corrected chi connectivity index (χ1v) is 18.3. The van der Waals surface area contributed by atoms with Crippen molar-refractivity contribution in [3.05, 3.63) is 70.8 Å². The first-order valence-electron chi connectivity index (χ1n) is 18.3. The molecule has 0 spiro atoms. The summed E-state index contributed by atoms with van der Waals surface area (Å²) in [7, 11) is 1.69. The number of esters is 4. The van der Waals surface area contributed by atoms with Gasteiger partial charge in [0, 0.05) is 20.0 Å². The summed E-state index contributed by atoms with van der Waals surface area (Å²) in [6.07, 6.45) is -0.645. The largest absolute Gasteiger partial charge is 0.466 e. The lowest BCUT2D eigenvalue weighted by atomic mass is 9.87. The molecular formula is C40H58N4O10. The van der Waals surface area contributed by atoms with Crippen LogP contribution in [0.3, 0.4) is 0 Å². The molecule has 0 aromatic heterocycles. The van der Waals surface area contributed by atoms with E-state index in [0.29, 0.717) is 5.56 Å². The number of urea groups is 1. The Balaban J connectivity index is 2.54. The van der Waals surface area contributed by atoms with Gasteiger partial charge in [0.1, 0.15) is 12.1 Å². The molecular weight excluding hydrogens is 696 g/mol. The van der Waals surface area contributed by atoms with Crippen LogP contribution in [0.5, 0.6) is 0 Å². The fraction of sp³-hybridized carbons (Fsp3) is 0.550. The molecule has 0 heterocycles. The number of amides is 3. The minimum Gasteiger partial charge on any atom is -0.466 e. The average molecular weight is 755 g/mol. The predicted octanol–water partition coefficient (Wildman–Crippen LogP) is 4.71. The zero-order chi connectivity index (χ0) is 40.6. The summed E-state index contributed by atoms with van der Waals surface area (Å²) < 4.78 is 20.8. The number of carbonyl (C=O) groups excluding carboxylic acids is 6. The van der Waals surface area contributed by atoms with Crippen LogP contribution in [0.2, 0.25) is 0 Å². The molecule has 0 aliphatic heterocycles. The van der Waals surface area contributed by atoms with Crippen molar-refractivity contribution >= 4 is 35.8 Å². The van der Waals surface area contributed by atoms with E-state index in [-0.39, 0.29) is 51.8 Å². The molecule has 2 aromatic carbocycles. The Hall–Kier alpha value is -4.98. The summed E-state index contributed by atoms with van der Waals surface area (Å²) in [5, 5.41) is 5.98. The molecule has 298 valence electrons. The second kappa shape index (κ2) is 21.0. The van der Waals surface area contributed by atoms with E-state index in [1.54, 1.807) is 51.8 Å². The van der Waals surface area contributed by atoms with Crippen molar-refractivity contribution in [2.75, 3.05) is 33.5 Å². The molecule has 2 N–H and O–H groups in total. The number of hydrogen-bond donors (Lipinski definition) is 2. The van der Waals surface area contributed by atoms with Crippen LogP contribution >= 0.6 is 0 Å². The van der Waals surface area contributed by atoms with Gasteiger partial charge in [-0.2, -0.15) is 0 Å². The van der Waals surface area contributed by atoms with Gasteiger partial charge in [0.15, 0.2) is 0 Å². The number of nitrogens with zero attached hydrogens (tertiary/aromatic N) is 2. The lowest BCUT2D eigenvalue weighted by Crippen LogP contribution is -2.54. The van der Waals surface area contributed by atoms with Crippen LogP contribution in [-0.2, 0) is 67.1 Å². The summed E-state index contributed by atoms with van der Waals surface area (Å²) >= 11 is 0. The quantitative estimate of drug-likeness (QED) is 0.142. The van der Waals surface area contributed by atoms with Crippen LogP contribution < -0.4 is 10.6 Å². The highest BCUT2D eigenvalue weighted by Crippen LogP contribution is 2.28. The molecule has 54 heavy (non-hydrogen) atoms. The maximum atomic E-state index is 14.4. The molecule has 0 radical (unpaired) electrons. The summed E-state index contributed by atoms with van der Waals surface area (Å²) in [6.45, 7) is 16.0. The van der Waals surface area contributed by atoms with E-state index in [4.69, 9.17) is 18.9 Å². The number of nitrogens with one attached hydrogen (secondary N) is 2. The number of benzene rings is 2. The van der Waals surface area contributed by atoms with Crippen LogP contribution in [0.25, 0.3) is 0 Å². The van der Waals surface area contributed by atoms with Gasteiger partial charge in [0.05, 0.1) is 50.3 Å². The van der Waals surface area contributed by atoms with Crippen LogP contribution in [-0.4, -0.2) is 91.2 Å². The standard InChI is InChI=1S/C40H58N4O10/c1-11-51-34(46)23-32(36(48)53-13-3)43(10)25-28-17-15-18-29(21-28)26-44(33(37(49)54-14-4)24-35(47)52-12-2)38(50)42-40(8,9)31-20-16-19-30(22-31)39(6,7)41-27(5)45/h15-22,32-33H,11-14,23-26H2,1-10H3,(H,41,45)(H,42,50). The zero-order valence-corrected chi connectivity index (χ0v) is 33.4. The van der Waals surface area contributed by atoms with E-state index in [9.17, 15) is 28.8 Å². The third-order valence-electron chi connectivity index (χ3n) is 8.61. The second-order valence-corrected chi connectivity index (χ2v) is 13.9. The summed E-state index contributed by atoms with van der Waals surface area (Å²) in [4.78, 5) is 80.7. The Morgan fingerprint density at radius 2 is 1.07 bits per heavy atom. The van der Waals surface area contributed by atoms with Gasteiger partial charge in [0.2, 0.25) is 5.91 Å². The topological polar surface area (TPSA) is 170 Å². The van der Waals surface area contributed by atoms with E-state index in [0.717, 1.165) is 16.7 Å². The summed E-state index contributed by atoms with van der Waals surface area (Å²) in [5.41, 5.74) is 1.21. The minimum absolute atomic E-state index is 0.0191. The Morgan fingerprint density at radius 1 is 0.630 bits per heavy atom. The molecule has 0 bridgehead atoms. The lowest BCUT2D eigenvalue weighted by Gasteiger charge is -2.35. The molecule has 0 saturated carbocycles. The van der Waals surface area contributed by atoms with Crippen LogP contribution in [0.4, 0.5) is 4.79 Å². The first kappa shape index (κ1) is 45.2. The highest BCUT2D eigenvalue weighted by atomic mass is 16.5. The van der Waals surface area contributed by atoms with E-state index < -0.39 is 59.5 Å². The predicted molar refractivity (Wildman–Crippen MR) is 202 cm³/mol. The monoisotopic (exact) mass is 754 g/mol. The van der Waals surface area contributed by atoms with Crippen molar-refractivity contribution in [1.82, 2.24) is 20.4 Å². The Morgan fingerprint density at radius 3 is 1.57 bits per heavy atom. The number of ether oxygens (including phenoxy) is 4. The van der Waals surface area contributed by atoms with Gasteiger partial charge in [-0.15, -0.1) is 0 Å². The Bertz CT molecular complexity index is 1610. The van der Waals surface area contributed by atoms with E-state index in [2.05, 4.69) is 10.6 Å². The molecule has 2 unspecified atom stereocenters. The van der Waals surface area contributed by atoms with Gasteiger partial charge in [-0.1, -0.05) is 48.5 Å². The van der Waals surface area contributed by atoms with Crippen molar-refractivity contribution in [2.24, 2.45) is 0 Å². The van der Waals surface area contributed by atoms with E-state index in [1.165, 1.54) is 11.8 Å². The molecule has 2 rings (SSSR count). The molecule has 0 aliphatic rings. The SMILES string of the molecule is CCOC(=O)CC(C(=O)OCC)N(C)Cc1cccc(CN(C(=O)NC(C)(C)c2cccc(C(C)(C)NC(C)=O)c2)C(CC(=O)OCC)C(=O)OCC)c1. The first-order chi connectivity index (χ1) is 25.4. The zero-order valence-electron chi connectivity index (χ0n) is 33.4. The molecule has 2 atom stereocenters. The molecule has 3 amide bonds. The average Bonchev–Trinajstić information content (AvgIpc) is 3.08. The number of carbonyl (C=O) groups is 6. The molecule has 2 aromatic rings. The van der Waals surface area contributed by atoms with Crippen molar-refractivity contribution in [3.8, 4) is 0 Å². The van der Waals surface area contributed by atoms with Gasteiger partial charge < -0.3 is 34.5 Å². The number of hydrogen-bond acceptors (Lipinski definition) is 11. The second-order valence-electron chi connectivity index (χ2n) is 13.9. The summed E-state index contributed by atoms with van der Waals surface area (Å²) in [5.74, 6) is -2.73. The highest BCUT2D eigenvalue weighted by Gasteiger charge is 2.37. The smallest absolute Gasteiger partial charge is 0.329 e. The molecule has 14 heteroatoms. The molecule has 14 nitrogen and oxygen atoms in total. The van der Waals surface area contributed by atoms with Crippen molar-refractivity contribution in [1.29, 1.82) is 0 Å². The van der Waals surface area contributed by atoms with E-state index in [1.807, 2.05) is 64.1 Å². The maximum absolute atomic E-state index is 14.4. The van der Waals surface area contributed by atoms with Crippen LogP contribution in [0, 0.1) is 0 Å². The number of rotatable bonds is 20. The van der Waals surface area contributed by atoms with Crippen LogP contribution in [0.1, 0.15) is 97.4 Å². The summed E-state index contributed by atoms with van der Waals surface area (Å²) in [6, 6.07) is 11.8. The fourth-order valence-electron chi connectivity index (χ4n) is 5.94. The Labute approximate surface area is 319 Å². The number of likely N-dealkylation sites (N-methyl/N-ethyl adjacent to an activating group) is 1. The fourth-order valence-corrected chi connectivity index (χ4v) is 5.94. The third-order valence-corrected chi connectivity index (χ3v) is 8.61.